The van der Waals surface area contributed by atoms with E-state index in [1.807, 2.05) is 0 Å². The van der Waals surface area contributed by atoms with Gasteiger partial charge in [0.1, 0.15) is 11.6 Å². The van der Waals surface area contributed by atoms with Crippen LogP contribution in [0.4, 0.5) is 17.6 Å². The molecule has 0 amide bonds. The number of halogens is 4. The minimum atomic E-state index is -4.89. The average molecular weight is 281 g/mol. The van der Waals surface area contributed by atoms with E-state index in [0.717, 1.165) is 12.1 Å². The highest BCUT2D eigenvalue weighted by molar-refractivity contribution is 5.76. The summed E-state index contributed by atoms with van der Waals surface area (Å²) in [5.74, 6) is -1.34. The fourth-order valence-corrected chi connectivity index (χ4v) is 1.78. The van der Waals surface area contributed by atoms with Crippen molar-refractivity contribution in [3.05, 3.63) is 53.8 Å². The van der Waals surface area contributed by atoms with Crippen LogP contribution in [0.1, 0.15) is 5.56 Å². The van der Waals surface area contributed by atoms with Gasteiger partial charge in [0.2, 0.25) is 0 Å². The van der Waals surface area contributed by atoms with Gasteiger partial charge in [-0.25, -0.2) is 4.39 Å². The largest absolute Gasteiger partial charge is 0.573 e. The van der Waals surface area contributed by atoms with E-state index in [1.165, 1.54) is 30.3 Å². The van der Waals surface area contributed by atoms with Crippen molar-refractivity contribution in [2.75, 3.05) is 0 Å². The van der Waals surface area contributed by atoms with Crippen LogP contribution in [0.3, 0.4) is 0 Å². The second-order valence-electron chi connectivity index (χ2n) is 3.82. The minimum absolute atomic E-state index is 0.0665. The minimum Gasteiger partial charge on any atom is -0.405 e. The second-order valence-corrected chi connectivity index (χ2v) is 3.82. The summed E-state index contributed by atoms with van der Waals surface area (Å²) in [6.45, 7) is 0. The summed E-state index contributed by atoms with van der Waals surface area (Å²) < 4.78 is 54.7. The van der Waals surface area contributed by atoms with Crippen LogP contribution in [-0.4, -0.2) is 6.36 Å². The van der Waals surface area contributed by atoms with E-state index in [0.29, 0.717) is 0 Å². The number of hydrogen-bond donors (Lipinski definition) is 0. The first kappa shape index (κ1) is 13.9. The van der Waals surface area contributed by atoms with E-state index >= 15 is 0 Å². The Balaban J connectivity index is 2.63. The maximum absolute atomic E-state index is 13.8. The lowest BCUT2D eigenvalue weighted by molar-refractivity contribution is -0.274. The molecule has 0 aromatic heterocycles. The highest BCUT2D eigenvalue weighted by atomic mass is 19.4. The van der Waals surface area contributed by atoms with E-state index in [2.05, 4.69) is 4.74 Å². The van der Waals surface area contributed by atoms with E-state index < -0.39 is 17.9 Å². The van der Waals surface area contributed by atoms with Crippen molar-refractivity contribution >= 4 is 0 Å². The van der Waals surface area contributed by atoms with Crippen LogP contribution in [0.2, 0.25) is 0 Å². The number of nitrogens with zero attached hydrogens (tertiary/aromatic N) is 1. The fraction of sp³-hybridized carbons (Fsp3) is 0.0714. The molecule has 20 heavy (non-hydrogen) atoms. The zero-order chi connectivity index (χ0) is 14.8. The summed E-state index contributed by atoms with van der Waals surface area (Å²) >= 11 is 0. The molecular weight excluding hydrogens is 274 g/mol. The molecule has 0 N–H and O–H groups in total. The number of benzene rings is 2. The third kappa shape index (κ3) is 2.88. The Morgan fingerprint density at radius 3 is 2.35 bits per heavy atom. The van der Waals surface area contributed by atoms with Gasteiger partial charge in [-0.1, -0.05) is 24.3 Å². The maximum atomic E-state index is 13.8. The Morgan fingerprint density at radius 1 is 1.00 bits per heavy atom. The van der Waals surface area contributed by atoms with Crippen molar-refractivity contribution in [3.63, 3.8) is 0 Å². The summed E-state index contributed by atoms with van der Waals surface area (Å²) in [5.41, 5.74) is -0.405. The molecule has 0 aliphatic rings. The Labute approximate surface area is 111 Å². The molecule has 0 fully saturated rings. The Hall–Kier alpha value is -2.55. The number of nitriles is 1. The highest BCUT2D eigenvalue weighted by Crippen LogP contribution is 2.36. The normalized spacial score (nSPS) is 10.9. The predicted octanol–water partition coefficient (Wildman–Crippen LogP) is 4.26. The molecule has 0 atom stereocenters. The van der Waals surface area contributed by atoms with Crippen molar-refractivity contribution in [3.8, 4) is 22.9 Å². The van der Waals surface area contributed by atoms with Crippen LogP contribution < -0.4 is 4.74 Å². The van der Waals surface area contributed by atoms with E-state index in [9.17, 15) is 17.6 Å². The molecule has 2 aromatic carbocycles. The molecule has 0 bridgehead atoms. The Kier molecular flexibility index (Phi) is 3.61. The number of ether oxygens (including phenoxy) is 1. The molecule has 102 valence electrons. The topological polar surface area (TPSA) is 33.0 Å². The van der Waals surface area contributed by atoms with Gasteiger partial charge in [0.25, 0.3) is 0 Å². The lowest BCUT2D eigenvalue weighted by Gasteiger charge is -2.14. The zero-order valence-corrected chi connectivity index (χ0v) is 9.91. The average Bonchev–Trinajstić information content (AvgIpc) is 2.37. The summed E-state index contributed by atoms with van der Waals surface area (Å²) in [6, 6.07) is 10.5. The van der Waals surface area contributed by atoms with Gasteiger partial charge in [-0.3, -0.25) is 0 Å². The molecule has 0 radical (unpaired) electrons. The van der Waals surface area contributed by atoms with Crippen LogP contribution in [0.5, 0.6) is 5.75 Å². The molecule has 2 nitrogen and oxygen atoms in total. The molecule has 6 heteroatoms. The fourth-order valence-electron chi connectivity index (χ4n) is 1.78. The first-order valence-corrected chi connectivity index (χ1v) is 5.46. The van der Waals surface area contributed by atoms with E-state index in [1.54, 1.807) is 6.07 Å². The summed E-state index contributed by atoms with van der Waals surface area (Å²) in [5, 5.41) is 8.95. The monoisotopic (exact) mass is 281 g/mol. The third-order valence-corrected chi connectivity index (χ3v) is 2.52. The molecule has 0 saturated heterocycles. The summed E-state index contributed by atoms with van der Waals surface area (Å²) in [4.78, 5) is 0. The Morgan fingerprint density at radius 2 is 1.70 bits per heavy atom. The van der Waals surface area contributed by atoms with Gasteiger partial charge in [0, 0.05) is 11.1 Å². The van der Waals surface area contributed by atoms with Gasteiger partial charge in [0.15, 0.2) is 0 Å². The standard InChI is InChI=1S/C14H7F4NO/c15-11-6-3-4-9(8-19)13(11)10-5-1-2-7-12(10)20-14(16,17)18/h1-7H. The molecule has 0 heterocycles. The number of alkyl halides is 3. The molecule has 2 rings (SSSR count). The molecule has 0 aliphatic heterocycles. The van der Waals surface area contributed by atoms with Crippen LogP contribution >= 0.6 is 0 Å². The molecule has 0 spiro atoms. The lowest BCUT2D eigenvalue weighted by atomic mass is 9.99. The quantitative estimate of drug-likeness (QED) is 0.770. The van der Waals surface area contributed by atoms with Gasteiger partial charge in [-0.05, 0) is 18.2 Å². The van der Waals surface area contributed by atoms with Crippen LogP contribution in [-0.2, 0) is 0 Å². The van der Waals surface area contributed by atoms with Gasteiger partial charge in [-0.2, -0.15) is 5.26 Å². The molecule has 0 aliphatic carbocycles. The summed E-state index contributed by atoms with van der Waals surface area (Å²) in [6.07, 6.45) is -4.89. The van der Waals surface area contributed by atoms with Crippen molar-refractivity contribution in [1.82, 2.24) is 0 Å². The van der Waals surface area contributed by atoms with Gasteiger partial charge in [-0.15, -0.1) is 13.2 Å². The number of para-hydroxylation sites is 1. The van der Waals surface area contributed by atoms with Crippen LogP contribution in [0, 0.1) is 17.1 Å². The van der Waals surface area contributed by atoms with Crippen molar-refractivity contribution in [2.24, 2.45) is 0 Å². The van der Waals surface area contributed by atoms with E-state index in [4.69, 9.17) is 5.26 Å². The third-order valence-electron chi connectivity index (χ3n) is 2.52. The molecular formula is C14H7F4NO. The van der Waals surface area contributed by atoms with Crippen molar-refractivity contribution in [2.45, 2.75) is 6.36 Å². The van der Waals surface area contributed by atoms with E-state index in [-0.39, 0.29) is 16.7 Å². The zero-order valence-electron chi connectivity index (χ0n) is 9.91. The van der Waals surface area contributed by atoms with Gasteiger partial charge >= 0.3 is 6.36 Å². The van der Waals surface area contributed by atoms with Gasteiger partial charge < -0.3 is 4.74 Å². The molecule has 0 saturated carbocycles. The van der Waals surface area contributed by atoms with Crippen molar-refractivity contribution in [1.29, 1.82) is 5.26 Å². The maximum Gasteiger partial charge on any atom is 0.573 e. The van der Waals surface area contributed by atoms with Crippen LogP contribution in [0.15, 0.2) is 42.5 Å². The Bertz CT molecular complexity index is 674. The highest BCUT2D eigenvalue weighted by Gasteiger charge is 2.32. The summed E-state index contributed by atoms with van der Waals surface area (Å²) in [7, 11) is 0. The first-order chi connectivity index (χ1) is 9.42. The molecule has 0 unspecified atom stereocenters. The van der Waals surface area contributed by atoms with Crippen molar-refractivity contribution < 1.29 is 22.3 Å². The van der Waals surface area contributed by atoms with Crippen LogP contribution in [0.25, 0.3) is 11.1 Å². The SMILES string of the molecule is N#Cc1cccc(F)c1-c1ccccc1OC(F)(F)F. The molecule has 2 aromatic rings. The van der Waals surface area contributed by atoms with Gasteiger partial charge in [0.05, 0.1) is 11.6 Å². The second kappa shape index (κ2) is 5.21. The number of rotatable bonds is 2. The first-order valence-electron chi connectivity index (χ1n) is 5.46. The lowest BCUT2D eigenvalue weighted by Crippen LogP contribution is -2.17. The predicted molar refractivity (Wildman–Crippen MR) is 63.2 cm³/mol. The smallest absolute Gasteiger partial charge is 0.405 e. The number of hydrogen-bond acceptors (Lipinski definition) is 2.